The zero-order valence-corrected chi connectivity index (χ0v) is 27.6. The van der Waals surface area contributed by atoms with E-state index in [1.165, 1.54) is 24.1 Å². The van der Waals surface area contributed by atoms with Crippen LogP contribution in [-0.2, 0) is 26.2 Å². The van der Waals surface area contributed by atoms with Crippen LogP contribution in [0.25, 0.3) is 0 Å². The van der Waals surface area contributed by atoms with Crippen molar-refractivity contribution >= 4 is 43.5 Å². The topological polar surface area (TPSA) is 96.0 Å². The van der Waals surface area contributed by atoms with Crippen molar-refractivity contribution < 1.29 is 22.7 Å². The van der Waals surface area contributed by atoms with Gasteiger partial charge >= 0.3 is 0 Å². The molecule has 0 aliphatic heterocycles. The molecular formula is C33H40BrN3O5S. The van der Waals surface area contributed by atoms with Gasteiger partial charge in [-0.05, 0) is 81.1 Å². The van der Waals surface area contributed by atoms with Crippen LogP contribution in [-0.4, -0.2) is 50.9 Å². The summed E-state index contributed by atoms with van der Waals surface area (Å²) in [5.74, 6) is -0.441. The molecule has 1 aliphatic carbocycles. The number of rotatable bonds is 11. The maximum Gasteiger partial charge on any atom is 0.264 e. The average Bonchev–Trinajstić information content (AvgIpc) is 2.99. The second-order valence-electron chi connectivity index (χ2n) is 11.2. The summed E-state index contributed by atoms with van der Waals surface area (Å²) in [5, 5.41) is 3.13. The van der Waals surface area contributed by atoms with Gasteiger partial charge in [0.25, 0.3) is 10.0 Å². The zero-order valence-electron chi connectivity index (χ0n) is 25.2. The maximum atomic E-state index is 14.2. The summed E-state index contributed by atoms with van der Waals surface area (Å²) in [6.45, 7) is 5.03. The Balaban J connectivity index is 1.72. The van der Waals surface area contributed by atoms with Gasteiger partial charge in [-0.15, -0.1) is 0 Å². The summed E-state index contributed by atoms with van der Waals surface area (Å²) >= 11 is 3.44. The summed E-state index contributed by atoms with van der Waals surface area (Å²) in [5.41, 5.74) is 2.78. The van der Waals surface area contributed by atoms with Crippen LogP contribution >= 0.6 is 15.9 Å². The molecule has 2 amide bonds. The molecule has 0 unspecified atom stereocenters. The van der Waals surface area contributed by atoms with E-state index >= 15 is 0 Å². The third-order valence-corrected chi connectivity index (χ3v) is 10.2. The smallest absolute Gasteiger partial charge is 0.264 e. The summed E-state index contributed by atoms with van der Waals surface area (Å²) in [6, 6.07) is 18.4. The first-order chi connectivity index (χ1) is 20.5. The molecule has 43 heavy (non-hydrogen) atoms. The molecule has 1 atom stereocenters. The second-order valence-corrected chi connectivity index (χ2v) is 13.9. The van der Waals surface area contributed by atoms with Gasteiger partial charge in [0.1, 0.15) is 18.3 Å². The Morgan fingerprint density at radius 1 is 0.953 bits per heavy atom. The van der Waals surface area contributed by atoms with E-state index < -0.39 is 28.5 Å². The van der Waals surface area contributed by atoms with Gasteiger partial charge in [-0.25, -0.2) is 8.42 Å². The fraction of sp³-hybridized carbons (Fsp3) is 0.394. The first-order valence-electron chi connectivity index (χ1n) is 14.6. The number of aryl methyl sites for hydroxylation is 2. The van der Waals surface area contributed by atoms with E-state index in [0.717, 1.165) is 57.6 Å². The number of carbonyl (C=O) groups excluding carboxylic acids is 2. The molecule has 0 saturated heterocycles. The molecule has 0 aromatic heterocycles. The lowest BCUT2D eigenvalue weighted by Crippen LogP contribution is -2.53. The monoisotopic (exact) mass is 669 g/mol. The Labute approximate surface area is 263 Å². The number of benzene rings is 3. The van der Waals surface area contributed by atoms with Gasteiger partial charge in [0.05, 0.1) is 17.7 Å². The zero-order chi connectivity index (χ0) is 31.1. The number of anilines is 1. The molecule has 4 rings (SSSR count). The molecule has 0 heterocycles. The van der Waals surface area contributed by atoms with Gasteiger partial charge in [0, 0.05) is 17.1 Å². The van der Waals surface area contributed by atoms with Crippen molar-refractivity contribution in [1.82, 2.24) is 10.2 Å². The van der Waals surface area contributed by atoms with Crippen molar-refractivity contribution in [3.8, 4) is 5.75 Å². The Kier molecular flexibility index (Phi) is 10.9. The number of amides is 2. The molecule has 3 aromatic rings. The molecule has 1 aliphatic rings. The molecule has 0 radical (unpaired) electrons. The molecule has 230 valence electrons. The SMILES string of the molecule is COc1ccc(C)cc1N(CC(=O)N(Cc1ccc(Br)cc1)[C@H](C)C(=O)NC1CCCCC1)S(=O)(=O)c1ccc(C)cc1. The van der Waals surface area contributed by atoms with Gasteiger partial charge < -0.3 is 15.0 Å². The molecule has 0 spiro atoms. The van der Waals surface area contributed by atoms with E-state index in [1.54, 1.807) is 31.2 Å². The number of carbonyl (C=O) groups is 2. The number of nitrogens with one attached hydrogen (secondary N) is 1. The fourth-order valence-electron chi connectivity index (χ4n) is 5.28. The highest BCUT2D eigenvalue weighted by molar-refractivity contribution is 9.10. The van der Waals surface area contributed by atoms with Crippen LogP contribution in [0.2, 0.25) is 0 Å². The van der Waals surface area contributed by atoms with E-state index in [4.69, 9.17) is 4.74 Å². The maximum absolute atomic E-state index is 14.2. The van der Waals surface area contributed by atoms with Crippen molar-refractivity contribution in [1.29, 1.82) is 0 Å². The molecule has 1 N–H and O–H groups in total. The summed E-state index contributed by atoms with van der Waals surface area (Å²) in [4.78, 5) is 29.2. The Morgan fingerprint density at radius 2 is 1.58 bits per heavy atom. The van der Waals surface area contributed by atoms with Crippen LogP contribution in [0.3, 0.4) is 0 Å². The van der Waals surface area contributed by atoms with Crippen LogP contribution in [0.1, 0.15) is 55.7 Å². The highest BCUT2D eigenvalue weighted by Gasteiger charge is 2.34. The van der Waals surface area contributed by atoms with Crippen LogP contribution in [0.4, 0.5) is 5.69 Å². The van der Waals surface area contributed by atoms with E-state index in [0.29, 0.717) is 5.75 Å². The number of sulfonamides is 1. The molecule has 0 bridgehead atoms. The van der Waals surface area contributed by atoms with Crippen molar-refractivity contribution in [3.63, 3.8) is 0 Å². The Hall–Kier alpha value is -3.37. The lowest BCUT2D eigenvalue weighted by Gasteiger charge is -2.33. The quantitative estimate of drug-likeness (QED) is 0.265. The number of nitrogens with zero attached hydrogens (tertiary/aromatic N) is 2. The molecule has 1 saturated carbocycles. The van der Waals surface area contributed by atoms with Crippen LogP contribution < -0.4 is 14.4 Å². The standard InChI is InChI=1S/C33H40BrN3O5S/c1-23-10-17-29(18-11-23)43(40,41)37(30-20-24(2)12-19-31(30)42-4)22-32(38)36(21-26-13-15-27(34)16-14-26)25(3)33(39)35-28-8-6-5-7-9-28/h10-20,25,28H,5-9,21-22H2,1-4H3,(H,35,39)/t25-/m1/s1. The minimum absolute atomic E-state index is 0.0528. The molecule has 3 aromatic carbocycles. The van der Waals surface area contributed by atoms with Gasteiger partial charge in [-0.2, -0.15) is 0 Å². The lowest BCUT2D eigenvalue weighted by molar-refractivity contribution is -0.139. The van der Waals surface area contributed by atoms with Gasteiger partial charge in [-0.3, -0.25) is 13.9 Å². The van der Waals surface area contributed by atoms with Crippen LogP contribution in [0.5, 0.6) is 5.75 Å². The lowest BCUT2D eigenvalue weighted by atomic mass is 9.95. The Morgan fingerprint density at radius 3 is 2.21 bits per heavy atom. The van der Waals surface area contributed by atoms with Crippen molar-refractivity contribution in [3.05, 3.63) is 87.9 Å². The molecular weight excluding hydrogens is 630 g/mol. The van der Waals surface area contributed by atoms with Crippen LogP contribution in [0.15, 0.2) is 76.1 Å². The minimum atomic E-state index is -4.20. The first kappa shape index (κ1) is 32.5. The minimum Gasteiger partial charge on any atom is -0.495 e. The van der Waals surface area contributed by atoms with Crippen molar-refractivity contribution in [2.75, 3.05) is 18.0 Å². The van der Waals surface area contributed by atoms with Crippen molar-refractivity contribution in [2.45, 2.75) is 76.4 Å². The highest BCUT2D eigenvalue weighted by atomic mass is 79.9. The third-order valence-electron chi connectivity index (χ3n) is 7.88. The molecule has 8 nitrogen and oxygen atoms in total. The number of hydrogen-bond acceptors (Lipinski definition) is 5. The average molecular weight is 671 g/mol. The first-order valence-corrected chi connectivity index (χ1v) is 16.8. The predicted molar refractivity (Wildman–Crippen MR) is 173 cm³/mol. The summed E-state index contributed by atoms with van der Waals surface area (Å²) in [7, 11) is -2.73. The number of methoxy groups -OCH3 is 1. The third kappa shape index (κ3) is 8.17. The van der Waals surface area contributed by atoms with Gasteiger partial charge in [0.15, 0.2) is 0 Å². The van der Waals surface area contributed by atoms with E-state index in [1.807, 2.05) is 44.2 Å². The number of halogens is 1. The second kappa shape index (κ2) is 14.4. The van der Waals surface area contributed by atoms with Crippen molar-refractivity contribution in [2.24, 2.45) is 0 Å². The van der Waals surface area contributed by atoms with E-state index in [9.17, 15) is 18.0 Å². The predicted octanol–water partition coefficient (Wildman–Crippen LogP) is 6.14. The van der Waals surface area contributed by atoms with Gasteiger partial charge in [-0.1, -0.05) is 71.1 Å². The number of ether oxygens (including phenoxy) is 1. The van der Waals surface area contributed by atoms with E-state index in [-0.39, 0.29) is 29.1 Å². The van der Waals surface area contributed by atoms with E-state index in [2.05, 4.69) is 21.2 Å². The normalized spacial score (nSPS) is 14.5. The van der Waals surface area contributed by atoms with Gasteiger partial charge in [0.2, 0.25) is 11.8 Å². The molecule has 10 heteroatoms. The number of hydrogen-bond donors (Lipinski definition) is 1. The fourth-order valence-corrected chi connectivity index (χ4v) is 6.96. The largest absolute Gasteiger partial charge is 0.495 e. The summed E-state index contributed by atoms with van der Waals surface area (Å²) < 4.78 is 35.8. The Bertz CT molecular complexity index is 1520. The highest BCUT2D eigenvalue weighted by Crippen LogP contribution is 2.34. The molecule has 1 fully saturated rings. The summed E-state index contributed by atoms with van der Waals surface area (Å²) in [6.07, 6.45) is 5.10. The van der Waals surface area contributed by atoms with Crippen LogP contribution in [0, 0.1) is 13.8 Å².